The van der Waals surface area contributed by atoms with Crippen LogP contribution in [0.15, 0.2) is 10.3 Å². The van der Waals surface area contributed by atoms with Crippen molar-refractivity contribution in [2.24, 2.45) is 27.7 Å². The Kier molecular flexibility index (Phi) is 43.7. The van der Waals surface area contributed by atoms with Crippen molar-refractivity contribution in [3.05, 3.63) is 0 Å². The van der Waals surface area contributed by atoms with Crippen molar-refractivity contribution in [3.8, 4) is 0 Å². The van der Waals surface area contributed by atoms with Gasteiger partial charge in [-0.2, -0.15) is 0 Å². The van der Waals surface area contributed by atoms with E-state index in [4.69, 9.17) is 30.4 Å². The SMILES string of the molecule is CN[C@@H](CCCCNC(=O)COCCOCCNC(=O)COCCOCCNC(=O)CCCC(=O)N[C@@H](CCCCNC(=O)CCCC(=O)NC(CNC(C)(C)/C(C)=N/O)CNC(C)(C)/C(C)=N/O)C(=O)NCCCC[C@H](C)C(N)=O)C(N)=O. The molecule has 84 heavy (non-hydrogen) atoms. The average molecular weight is 1200 g/mol. The molecule has 3 atom stereocenters. The number of carbonyl (C=O) groups is 9. The summed E-state index contributed by atoms with van der Waals surface area (Å²) in [4.78, 5) is 111. The summed E-state index contributed by atoms with van der Waals surface area (Å²) in [6.45, 7) is 15.6. The molecule has 0 bridgehead atoms. The third-order valence-corrected chi connectivity index (χ3v) is 13.7. The van der Waals surface area contributed by atoms with Gasteiger partial charge in [-0.15, -0.1) is 0 Å². The minimum atomic E-state index is -0.866. The molecule has 484 valence electrons. The molecule has 0 heterocycles. The van der Waals surface area contributed by atoms with Crippen LogP contribution in [-0.4, -0.2) is 210 Å². The Morgan fingerprint density at radius 1 is 0.464 bits per heavy atom. The number of hydrogen-bond acceptors (Lipinski definition) is 20. The Hall–Kier alpha value is -6.11. The number of hydrogen-bond donors (Lipinski definition) is 14. The minimum Gasteiger partial charge on any atom is -0.411 e. The maximum absolute atomic E-state index is 13.3. The van der Waals surface area contributed by atoms with E-state index >= 15 is 0 Å². The first kappa shape index (κ1) is 77.9. The van der Waals surface area contributed by atoms with E-state index in [-0.39, 0.29) is 158 Å². The van der Waals surface area contributed by atoms with Gasteiger partial charge in [0.25, 0.3) is 0 Å². The van der Waals surface area contributed by atoms with Crippen molar-refractivity contribution in [2.75, 3.05) is 106 Å². The first-order valence-electron chi connectivity index (χ1n) is 29.3. The molecule has 9 amide bonds. The summed E-state index contributed by atoms with van der Waals surface area (Å²) in [5.41, 5.74) is 10.2. The second kappa shape index (κ2) is 47.2. The van der Waals surface area contributed by atoms with Crippen molar-refractivity contribution in [2.45, 2.75) is 174 Å². The number of rotatable bonds is 53. The van der Waals surface area contributed by atoms with Crippen LogP contribution < -0.4 is 64.6 Å². The zero-order valence-electron chi connectivity index (χ0n) is 51.3. The van der Waals surface area contributed by atoms with E-state index in [9.17, 15) is 53.6 Å². The summed E-state index contributed by atoms with van der Waals surface area (Å²) in [6, 6.07) is -1.67. The lowest BCUT2D eigenvalue weighted by Crippen LogP contribution is -2.57. The lowest BCUT2D eigenvalue weighted by Gasteiger charge is -2.32. The topological polar surface area (TPSA) is 428 Å². The van der Waals surface area contributed by atoms with Crippen molar-refractivity contribution >= 4 is 64.6 Å². The molecule has 0 saturated carbocycles. The number of oxime groups is 2. The van der Waals surface area contributed by atoms with Gasteiger partial charge in [-0.3, -0.25) is 43.2 Å². The fourth-order valence-corrected chi connectivity index (χ4v) is 7.55. The second-order valence-electron chi connectivity index (χ2n) is 21.5. The Bertz CT molecular complexity index is 1980. The van der Waals surface area contributed by atoms with Gasteiger partial charge in [0.05, 0.1) is 74.2 Å². The number of amides is 9. The molecule has 0 aromatic heterocycles. The van der Waals surface area contributed by atoms with E-state index in [1.165, 1.54) is 0 Å². The predicted octanol–water partition coefficient (Wildman–Crippen LogP) is -0.914. The quantitative estimate of drug-likeness (QED) is 0.0152. The number of likely N-dealkylation sites (N-methyl/N-ethyl adjacent to an activating group) is 1. The van der Waals surface area contributed by atoms with Gasteiger partial charge in [0.1, 0.15) is 19.3 Å². The van der Waals surface area contributed by atoms with Gasteiger partial charge < -0.3 is 94.0 Å². The van der Waals surface area contributed by atoms with Crippen molar-refractivity contribution in [3.63, 3.8) is 0 Å². The first-order valence-corrected chi connectivity index (χ1v) is 29.3. The van der Waals surface area contributed by atoms with Crippen molar-refractivity contribution in [1.29, 1.82) is 0 Å². The van der Waals surface area contributed by atoms with Gasteiger partial charge in [-0.1, -0.05) is 23.7 Å². The zero-order valence-corrected chi connectivity index (χ0v) is 51.3. The lowest BCUT2D eigenvalue weighted by molar-refractivity contribution is -0.129. The van der Waals surface area contributed by atoms with E-state index in [1.807, 2.05) is 27.7 Å². The van der Waals surface area contributed by atoms with E-state index in [0.717, 1.165) is 6.42 Å². The van der Waals surface area contributed by atoms with Crippen molar-refractivity contribution in [1.82, 2.24) is 53.2 Å². The fraction of sp³-hybridized carbons (Fsp3) is 0.800. The third-order valence-electron chi connectivity index (χ3n) is 13.7. The molecule has 0 unspecified atom stereocenters. The molecule has 29 nitrogen and oxygen atoms in total. The number of nitrogens with zero attached hydrogens (tertiary/aromatic N) is 2. The molecule has 16 N–H and O–H groups in total. The highest BCUT2D eigenvalue weighted by Gasteiger charge is 2.27. The summed E-state index contributed by atoms with van der Waals surface area (Å²) < 4.78 is 21.5. The highest BCUT2D eigenvalue weighted by molar-refractivity contribution is 5.91. The molecule has 0 aliphatic heterocycles. The normalized spacial score (nSPS) is 13.1. The Morgan fingerprint density at radius 2 is 0.857 bits per heavy atom. The fourth-order valence-electron chi connectivity index (χ4n) is 7.55. The highest BCUT2D eigenvalue weighted by atomic mass is 16.5. The maximum Gasteiger partial charge on any atom is 0.246 e. The van der Waals surface area contributed by atoms with Crippen LogP contribution in [0.4, 0.5) is 0 Å². The second-order valence-corrected chi connectivity index (χ2v) is 21.5. The molecule has 0 saturated heterocycles. The number of unbranched alkanes of at least 4 members (excludes halogenated alkanes) is 3. The van der Waals surface area contributed by atoms with Gasteiger partial charge in [-0.25, -0.2) is 0 Å². The van der Waals surface area contributed by atoms with Crippen LogP contribution in [-0.2, 0) is 62.1 Å². The van der Waals surface area contributed by atoms with Gasteiger partial charge in [-0.05, 0) is 113 Å². The molecule has 0 radical (unpaired) electrons. The van der Waals surface area contributed by atoms with Crippen LogP contribution in [0.25, 0.3) is 0 Å². The van der Waals surface area contributed by atoms with E-state index in [2.05, 4.69) is 63.5 Å². The highest BCUT2D eigenvalue weighted by Crippen LogP contribution is 2.10. The molecule has 0 aliphatic rings. The van der Waals surface area contributed by atoms with Crippen LogP contribution in [0.1, 0.15) is 145 Å². The number of ether oxygens (including phenoxy) is 4. The van der Waals surface area contributed by atoms with E-state index in [1.54, 1.807) is 27.8 Å². The van der Waals surface area contributed by atoms with E-state index in [0.29, 0.717) is 89.1 Å². The molecular formula is C55H104N14O15. The molecule has 0 fully saturated rings. The first-order chi connectivity index (χ1) is 39.9. The lowest BCUT2D eigenvalue weighted by atomic mass is 9.98. The number of nitrogens with one attached hydrogen (secondary N) is 10. The molecule has 0 aromatic carbocycles. The molecule has 29 heteroatoms. The monoisotopic (exact) mass is 1200 g/mol. The summed E-state index contributed by atoms with van der Waals surface area (Å²) in [5, 5.41) is 54.2. The van der Waals surface area contributed by atoms with Crippen LogP contribution in [0.5, 0.6) is 0 Å². The number of nitrogens with two attached hydrogens (primary N) is 2. The molecule has 0 spiro atoms. The summed E-state index contributed by atoms with van der Waals surface area (Å²) >= 11 is 0. The van der Waals surface area contributed by atoms with Crippen LogP contribution >= 0.6 is 0 Å². The van der Waals surface area contributed by atoms with Gasteiger partial charge in [0.2, 0.25) is 53.2 Å². The van der Waals surface area contributed by atoms with E-state index < -0.39 is 40.9 Å². The van der Waals surface area contributed by atoms with Crippen LogP contribution in [0.3, 0.4) is 0 Å². The standard InChI is InChI=1S/C55H104N14O15/c1-39(51(56)76)17-9-12-26-63-53(78)44(19-11-14-24-59-45(70)20-15-22-47(72)66-42(35-64-54(4,5)40(2)68-79)36-65-55(6,7)41(3)69-80)67-48(73)23-16-21-46(71)61-27-29-81-31-34-84-38-50(75)62-28-30-82-32-33-83-37-49(74)60-25-13-10-18-43(58-8)52(57)77/h39,42-44,58,64-65,79-80H,9-38H2,1-8H3,(H2,56,76)(H2,57,77)(H,59,70)(H,60,74)(H,61,71)(H,62,75)(H,63,78)(H,66,72)(H,67,73)/b68-40+,69-41+/t39-,43-,44-/m0/s1. The Morgan fingerprint density at radius 3 is 1.31 bits per heavy atom. The Balaban J connectivity index is 4.60. The number of primary amides is 2. The van der Waals surface area contributed by atoms with Gasteiger partial charge in [0, 0.05) is 77.4 Å². The molecule has 0 aliphatic carbocycles. The van der Waals surface area contributed by atoms with Crippen LogP contribution in [0, 0.1) is 5.92 Å². The molecular weight excluding hydrogens is 1100 g/mol. The van der Waals surface area contributed by atoms with Gasteiger partial charge in [0.15, 0.2) is 0 Å². The van der Waals surface area contributed by atoms with Gasteiger partial charge >= 0.3 is 0 Å². The smallest absolute Gasteiger partial charge is 0.246 e. The number of carbonyl (C=O) groups excluding carboxylic acids is 9. The Labute approximate surface area is 496 Å². The maximum atomic E-state index is 13.3. The summed E-state index contributed by atoms with van der Waals surface area (Å²) in [7, 11) is 1.67. The summed E-state index contributed by atoms with van der Waals surface area (Å²) in [5.74, 6) is -3.26. The van der Waals surface area contributed by atoms with Crippen molar-refractivity contribution < 1.29 is 72.5 Å². The summed E-state index contributed by atoms with van der Waals surface area (Å²) in [6.07, 6.45) is 5.90. The average Bonchev–Trinajstić information content (AvgIpc) is 3.61. The third kappa shape index (κ3) is 41.0. The van der Waals surface area contributed by atoms with Crippen LogP contribution in [0.2, 0.25) is 0 Å². The minimum absolute atomic E-state index is 0.00564. The predicted molar refractivity (Wildman–Crippen MR) is 316 cm³/mol. The molecule has 0 rings (SSSR count). The molecule has 0 aromatic rings. The zero-order chi connectivity index (χ0) is 63.2. The largest absolute Gasteiger partial charge is 0.411 e.